The maximum Gasteiger partial charge on any atom is 0.347 e. The number of halogens is 1. The molecule has 1 amide bonds. The fourth-order valence-electron chi connectivity index (χ4n) is 4.15. The molecule has 1 saturated heterocycles. The number of aromatic carboxylic acids is 1. The van der Waals surface area contributed by atoms with Crippen molar-refractivity contribution in [2.24, 2.45) is 0 Å². The number of nitrogens with zero attached hydrogens (tertiary/aromatic N) is 2. The normalized spacial score (nSPS) is 15.8. The number of rotatable bonds is 8. The van der Waals surface area contributed by atoms with Gasteiger partial charge in [0.05, 0.1) is 18.2 Å². The van der Waals surface area contributed by atoms with Gasteiger partial charge in [0.1, 0.15) is 9.88 Å². The molecule has 5 nitrogen and oxygen atoms in total. The molecule has 3 aromatic rings. The Hall–Kier alpha value is -2.70. The van der Waals surface area contributed by atoms with Gasteiger partial charge in [-0.25, -0.2) is 9.78 Å². The average molecular weight is 469 g/mol. The highest BCUT2D eigenvalue weighted by molar-refractivity contribution is 7.13. The van der Waals surface area contributed by atoms with E-state index in [2.05, 4.69) is 12.1 Å². The Morgan fingerprint density at radius 1 is 1.06 bits per heavy atom. The zero-order valence-electron chi connectivity index (χ0n) is 17.7. The number of likely N-dealkylation sites (tertiary alicyclic amines) is 1. The minimum atomic E-state index is -0.944. The summed E-state index contributed by atoms with van der Waals surface area (Å²) in [6.07, 6.45) is 4.32. The van der Waals surface area contributed by atoms with E-state index >= 15 is 0 Å². The standard InChI is InChI=1S/C25H25ClN2O3S/c26-19-13-11-18(12-14-19)16-22(29)28-15-5-10-21(28)24-27-20(23(32-24)25(30)31)9-4-8-17-6-2-1-3-7-17/h1-3,6-7,11-14,21H,4-5,8-10,15-16H2,(H,30,31). The van der Waals surface area contributed by atoms with Crippen molar-refractivity contribution in [3.8, 4) is 0 Å². The first-order chi connectivity index (χ1) is 15.5. The smallest absolute Gasteiger partial charge is 0.347 e. The van der Waals surface area contributed by atoms with Gasteiger partial charge in [-0.1, -0.05) is 54.1 Å². The zero-order valence-corrected chi connectivity index (χ0v) is 19.2. The monoisotopic (exact) mass is 468 g/mol. The summed E-state index contributed by atoms with van der Waals surface area (Å²) in [6.45, 7) is 0.669. The fraction of sp³-hybridized carbons (Fsp3) is 0.320. The second kappa shape index (κ2) is 10.3. The van der Waals surface area contributed by atoms with Crippen molar-refractivity contribution in [2.45, 2.75) is 44.6 Å². The third-order valence-electron chi connectivity index (χ3n) is 5.76. The summed E-state index contributed by atoms with van der Waals surface area (Å²) in [6, 6.07) is 17.3. The van der Waals surface area contributed by atoms with E-state index in [1.807, 2.05) is 35.2 Å². The lowest BCUT2D eigenvalue weighted by atomic mass is 10.1. The molecule has 1 aliphatic heterocycles. The maximum absolute atomic E-state index is 13.0. The Labute approximate surface area is 196 Å². The zero-order chi connectivity index (χ0) is 22.5. The van der Waals surface area contributed by atoms with E-state index in [1.165, 1.54) is 16.9 Å². The molecular formula is C25H25ClN2O3S. The van der Waals surface area contributed by atoms with Crippen molar-refractivity contribution in [3.05, 3.63) is 86.3 Å². The number of aromatic nitrogens is 1. The molecule has 0 saturated carbocycles. The number of thiazole rings is 1. The van der Waals surface area contributed by atoms with Gasteiger partial charge >= 0.3 is 5.97 Å². The molecule has 32 heavy (non-hydrogen) atoms. The van der Waals surface area contributed by atoms with Gasteiger partial charge in [-0.05, 0) is 55.4 Å². The number of carbonyl (C=O) groups is 2. The number of benzene rings is 2. The van der Waals surface area contributed by atoms with Crippen molar-refractivity contribution >= 4 is 34.8 Å². The number of carbonyl (C=O) groups excluding carboxylic acids is 1. The van der Waals surface area contributed by atoms with Crippen LogP contribution in [0.1, 0.15) is 56.8 Å². The van der Waals surface area contributed by atoms with Crippen molar-refractivity contribution < 1.29 is 14.7 Å². The van der Waals surface area contributed by atoms with Gasteiger partial charge in [0.15, 0.2) is 0 Å². The number of hydrogen-bond acceptors (Lipinski definition) is 4. The number of carboxylic acid groups (broad SMARTS) is 1. The highest BCUT2D eigenvalue weighted by atomic mass is 35.5. The molecule has 2 aromatic carbocycles. The summed E-state index contributed by atoms with van der Waals surface area (Å²) >= 11 is 7.16. The van der Waals surface area contributed by atoms with Crippen LogP contribution in [0.5, 0.6) is 0 Å². The highest BCUT2D eigenvalue weighted by Crippen LogP contribution is 2.36. The van der Waals surface area contributed by atoms with Crippen LogP contribution in [-0.2, 0) is 24.1 Å². The molecule has 166 valence electrons. The SMILES string of the molecule is O=C(O)c1sc(C2CCCN2C(=O)Cc2ccc(Cl)cc2)nc1CCCc1ccccc1. The molecule has 1 aliphatic rings. The minimum Gasteiger partial charge on any atom is -0.477 e. The van der Waals surface area contributed by atoms with E-state index in [1.54, 1.807) is 12.1 Å². The summed E-state index contributed by atoms with van der Waals surface area (Å²) in [5.74, 6) is -0.909. The quantitative estimate of drug-likeness (QED) is 0.468. The van der Waals surface area contributed by atoms with Crippen LogP contribution in [0.15, 0.2) is 54.6 Å². The molecule has 0 spiro atoms. The molecule has 4 rings (SSSR count). The molecule has 2 heterocycles. The third-order valence-corrected chi connectivity index (χ3v) is 7.20. The molecule has 0 radical (unpaired) electrons. The van der Waals surface area contributed by atoms with Crippen molar-refractivity contribution in [3.63, 3.8) is 0 Å². The van der Waals surface area contributed by atoms with Gasteiger partial charge in [0.25, 0.3) is 0 Å². The van der Waals surface area contributed by atoms with Crippen molar-refractivity contribution in [2.75, 3.05) is 6.54 Å². The Bertz CT molecular complexity index is 1080. The number of carboxylic acids is 1. The number of hydrogen-bond donors (Lipinski definition) is 1. The lowest BCUT2D eigenvalue weighted by molar-refractivity contribution is -0.131. The maximum atomic E-state index is 13.0. The predicted octanol–water partition coefficient (Wildman–Crippen LogP) is 5.58. The van der Waals surface area contributed by atoms with Gasteiger partial charge in [-0.2, -0.15) is 0 Å². The first-order valence-electron chi connectivity index (χ1n) is 10.8. The minimum absolute atomic E-state index is 0.0347. The van der Waals surface area contributed by atoms with Gasteiger partial charge < -0.3 is 10.0 Å². The molecule has 7 heteroatoms. The van der Waals surface area contributed by atoms with Gasteiger partial charge in [-0.3, -0.25) is 4.79 Å². The average Bonchev–Trinajstić information content (AvgIpc) is 3.43. The van der Waals surface area contributed by atoms with Crippen LogP contribution in [0.2, 0.25) is 5.02 Å². The van der Waals surface area contributed by atoms with Crippen LogP contribution in [-0.4, -0.2) is 33.4 Å². The third kappa shape index (κ3) is 5.37. The second-order valence-electron chi connectivity index (χ2n) is 8.02. The van der Waals surface area contributed by atoms with E-state index in [-0.39, 0.29) is 11.9 Å². The van der Waals surface area contributed by atoms with Crippen molar-refractivity contribution in [1.29, 1.82) is 0 Å². The summed E-state index contributed by atoms with van der Waals surface area (Å²) in [4.78, 5) is 31.7. The summed E-state index contributed by atoms with van der Waals surface area (Å²) in [5, 5.41) is 11.1. The first kappa shape index (κ1) is 22.5. The second-order valence-corrected chi connectivity index (χ2v) is 9.49. The molecule has 1 unspecified atom stereocenters. The number of aryl methyl sites for hydroxylation is 2. The molecule has 1 N–H and O–H groups in total. The van der Waals surface area contributed by atoms with Crippen LogP contribution in [0, 0.1) is 0 Å². The number of amides is 1. The Morgan fingerprint density at radius 2 is 1.81 bits per heavy atom. The van der Waals surface area contributed by atoms with E-state index in [0.29, 0.717) is 35.0 Å². The lowest BCUT2D eigenvalue weighted by Crippen LogP contribution is -2.31. The van der Waals surface area contributed by atoms with Gasteiger partial charge in [0, 0.05) is 11.6 Å². The predicted molar refractivity (Wildman–Crippen MR) is 126 cm³/mol. The van der Waals surface area contributed by atoms with Crippen LogP contribution in [0.25, 0.3) is 0 Å². The van der Waals surface area contributed by atoms with Crippen LogP contribution >= 0.6 is 22.9 Å². The molecule has 0 bridgehead atoms. The summed E-state index contributed by atoms with van der Waals surface area (Å²) in [5.41, 5.74) is 2.78. The Kier molecular flexibility index (Phi) is 7.22. The molecule has 0 aliphatic carbocycles. The fourth-order valence-corrected chi connectivity index (χ4v) is 5.38. The lowest BCUT2D eigenvalue weighted by Gasteiger charge is -2.23. The molecule has 1 aromatic heterocycles. The van der Waals surface area contributed by atoms with E-state index in [0.717, 1.165) is 36.3 Å². The first-order valence-corrected chi connectivity index (χ1v) is 12.0. The Morgan fingerprint density at radius 3 is 2.53 bits per heavy atom. The summed E-state index contributed by atoms with van der Waals surface area (Å²) in [7, 11) is 0. The topological polar surface area (TPSA) is 70.5 Å². The van der Waals surface area contributed by atoms with Crippen LogP contribution < -0.4 is 0 Å². The van der Waals surface area contributed by atoms with E-state index < -0.39 is 5.97 Å². The van der Waals surface area contributed by atoms with Crippen LogP contribution in [0.3, 0.4) is 0 Å². The van der Waals surface area contributed by atoms with E-state index in [9.17, 15) is 14.7 Å². The van der Waals surface area contributed by atoms with E-state index in [4.69, 9.17) is 16.6 Å². The van der Waals surface area contributed by atoms with Crippen LogP contribution in [0.4, 0.5) is 0 Å². The molecular weight excluding hydrogens is 444 g/mol. The summed E-state index contributed by atoms with van der Waals surface area (Å²) < 4.78 is 0. The molecule has 1 atom stereocenters. The van der Waals surface area contributed by atoms with Crippen molar-refractivity contribution in [1.82, 2.24) is 9.88 Å². The molecule has 1 fully saturated rings. The largest absolute Gasteiger partial charge is 0.477 e. The Balaban J connectivity index is 1.46. The van der Waals surface area contributed by atoms with Gasteiger partial charge in [-0.15, -0.1) is 11.3 Å². The highest BCUT2D eigenvalue weighted by Gasteiger charge is 2.33. The van der Waals surface area contributed by atoms with Gasteiger partial charge in [0.2, 0.25) is 5.91 Å².